The van der Waals surface area contributed by atoms with E-state index in [-0.39, 0.29) is 29.0 Å². The van der Waals surface area contributed by atoms with E-state index in [0.717, 1.165) is 48.4 Å². The number of carbonyl (C=O) groups excluding carboxylic acids is 2. The SMILES string of the molecule is CC[C@H](C)n1cc(C(=O)N(C)Cc2cccc3ccccc23)c(=O)c(C(=O)N2CCCCCC2)c1. The first-order valence-electron chi connectivity index (χ1n) is 12.7. The van der Waals surface area contributed by atoms with E-state index >= 15 is 0 Å². The van der Waals surface area contributed by atoms with E-state index in [4.69, 9.17) is 0 Å². The number of benzene rings is 2. The number of hydrogen-bond acceptors (Lipinski definition) is 3. The summed E-state index contributed by atoms with van der Waals surface area (Å²) in [6.45, 7) is 5.75. The van der Waals surface area contributed by atoms with Crippen LogP contribution in [-0.4, -0.2) is 46.3 Å². The summed E-state index contributed by atoms with van der Waals surface area (Å²) in [5, 5.41) is 2.19. The maximum Gasteiger partial charge on any atom is 0.259 e. The molecule has 0 spiro atoms. The van der Waals surface area contributed by atoms with Crippen LogP contribution in [0.15, 0.2) is 59.7 Å². The van der Waals surface area contributed by atoms with Crippen molar-refractivity contribution >= 4 is 22.6 Å². The van der Waals surface area contributed by atoms with Crippen molar-refractivity contribution in [3.63, 3.8) is 0 Å². The van der Waals surface area contributed by atoms with Gasteiger partial charge in [-0.05, 0) is 42.5 Å². The maximum absolute atomic E-state index is 13.6. The molecule has 184 valence electrons. The Bertz CT molecular complexity index is 1270. The largest absolute Gasteiger partial charge is 0.350 e. The van der Waals surface area contributed by atoms with Crippen LogP contribution in [0.25, 0.3) is 10.8 Å². The Morgan fingerprint density at radius 1 is 0.943 bits per heavy atom. The Kier molecular flexibility index (Phi) is 7.69. The number of carbonyl (C=O) groups is 2. The molecule has 6 heteroatoms. The number of hydrogen-bond donors (Lipinski definition) is 0. The standard InChI is InChI=1S/C29H35N3O3/c1-4-21(2)32-19-25(27(33)26(20-32)29(35)31-16-9-5-6-10-17-31)28(34)30(3)18-23-14-11-13-22-12-7-8-15-24(22)23/h7-8,11-15,19-21H,4-6,9-10,16-18H2,1-3H3/t21-/m0/s1. The van der Waals surface area contributed by atoms with Gasteiger partial charge in [0, 0.05) is 45.1 Å². The molecule has 0 aliphatic carbocycles. The zero-order valence-corrected chi connectivity index (χ0v) is 21.0. The fraction of sp³-hybridized carbons (Fsp3) is 0.414. The van der Waals surface area contributed by atoms with Crippen LogP contribution in [0.4, 0.5) is 0 Å². The third-order valence-corrected chi connectivity index (χ3v) is 7.13. The molecule has 0 bridgehead atoms. The van der Waals surface area contributed by atoms with E-state index in [1.165, 1.54) is 0 Å². The average molecular weight is 474 g/mol. The molecule has 0 saturated carbocycles. The molecule has 1 fully saturated rings. The van der Waals surface area contributed by atoms with Gasteiger partial charge in [-0.1, -0.05) is 62.2 Å². The molecule has 2 heterocycles. The first-order valence-corrected chi connectivity index (χ1v) is 12.7. The van der Waals surface area contributed by atoms with E-state index < -0.39 is 5.43 Å². The second kappa shape index (κ2) is 10.9. The predicted molar refractivity (Wildman–Crippen MR) is 140 cm³/mol. The highest BCUT2D eigenvalue weighted by Crippen LogP contribution is 2.21. The molecule has 0 radical (unpaired) electrons. The summed E-state index contributed by atoms with van der Waals surface area (Å²) in [7, 11) is 1.71. The van der Waals surface area contributed by atoms with Crippen molar-refractivity contribution in [2.24, 2.45) is 0 Å². The Morgan fingerprint density at radius 2 is 1.60 bits per heavy atom. The average Bonchev–Trinajstić information content (AvgIpc) is 3.17. The minimum atomic E-state index is -0.478. The predicted octanol–water partition coefficient (Wildman–Crippen LogP) is 5.26. The molecule has 1 aromatic heterocycles. The number of rotatable bonds is 6. The van der Waals surface area contributed by atoms with E-state index in [2.05, 4.69) is 0 Å². The lowest BCUT2D eigenvalue weighted by atomic mass is 10.0. The molecule has 1 aliphatic rings. The van der Waals surface area contributed by atoms with Crippen LogP contribution < -0.4 is 5.43 Å². The molecular weight excluding hydrogens is 438 g/mol. The smallest absolute Gasteiger partial charge is 0.259 e. The van der Waals surface area contributed by atoms with Crippen molar-refractivity contribution in [2.45, 2.75) is 58.5 Å². The Balaban J connectivity index is 1.69. The van der Waals surface area contributed by atoms with Crippen molar-refractivity contribution in [2.75, 3.05) is 20.1 Å². The molecule has 1 atom stereocenters. The quantitative estimate of drug-likeness (QED) is 0.491. The first-order chi connectivity index (χ1) is 16.9. The van der Waals surface area contributed by atoms with E-state index in [1.54, 1.807) is 29.2 Å². The van der Waals surface area contributed by atoms with Crippen LogP contribution in [0.1, 0.15) is 78.3 Å². The zero-order chi connectivity index (χ0) is 24.9. The molecule has 0 unspecified atom stereocenters. The fourth-order valence-corrected chi connectivity index (χ4v) is 4.78. The highest BCUT2D eigenvalue weighted by Gasteiger charge is 2.26. The Labute approximate surface area is 207 Å². The minimum Gasteiger partial charge on any atom is -0.350 e. The van der Waals surface area contributed by atoms with Crippen LogP contribution in [0.2, 0.25) is 0 Å². The van der Waals surface area contributed by atoms with Gasteiger partial charge < -0.3 is 14.4 Å². The van der Waals surface area contributed by atoms with Gasteiger partial charge in [0.1, 0.15) is 11.1 Å². The summed E-state index contributed by atoms with van der Waals surface area (Å²) in [5.74, 6) is -0.634. The zero-order valence-electron chi connectivity index (χ0n) is 21.0. The molecule has 4 rings (SSSR count). The molecule has 6 nitrogen and oxygen atoms in total. The van der Waals surface area contributed by atoms with Gasteiger partial charge in [0.05, 0.1) is 0 Å². The Hall–Kier alpha value is -3.41. The van der Waals surface area contributed by atoms with Crippen molar-refractivity contribution in [3.8, 4) is 0 Å². The molecule has 1 aliphatic heterocycles. The van der Waals surface area contributed by atoms with Gasteiger partial charge in [0.15, 0.2) is 0 Å². The van der Waals surface area contributed by atoms with Gasteiger partial charge in [-0.15, -0.1) is 0 Å². The molecule has 0 N–H and O–H groups in total. The lowest BCUT2D eigenvalue weighted by molar-refractivity contribution is 0.0758. The van der Waals surface area contributed by atoms with Crippen molar-refractivity contribution < 1.29 is 9.59 Å². The highest BCUT2D eigenvalue weighted by atomic mass is 16.2. The van der Waals surface area contributed by atoms with Crippen LogP contribution >= 0.6 is 0 Å². The fourth-order valence-electron chi connectivity index (χ4n) is 4.78. The van der Waals surface area contributed by atoms with Gasteiger partial charge in [-0.3, -0.25) is 14.4 Å². The summed E-state index contributed by atoms with van der Waals surface area (Å²) in [5.41, 5.74) is 0.678. The normalized spacial score (nSPS) is 15.0. The van der Waals surface area contributed by atoms with Crippen LogP contribution in [0.3, 0.4) is 0 Å². The molecule has 1 saturated heterocycles. The van der Waals surface area contributed by atoms with Gasteiger partial charge in [0.25, 0.3) is 11.8 Å². The monoisotopic (exact) mass is 473 g/mol. The summed E-state index contributed by atoms with van der Waals surface area (Å²) in [6.07, 6.45) is 8.16. The van der Waals surface area contributed by atoms with Gasteiger partial charge >= 0.3 is 0 Å². The third kappa shape index (κ3) is 5.31. The van der Waals surface area contributed by atoms with Crippen LogP contribution in [-0.2, 0) is 6.54 Å². The number of aromatic nitrogens is 1. The van der Waals surface area contributed by atoms with Gasteiger partial charge in [-0.2, -0.15) is 0 Å². The lowest BCUT2D eigenvalue weighted by Crippen LogP contribution is -2.38. The number of nitrogens with zero attached hydrogens (tertiary/aromatic N) is 3. The van der Waals surface area contributed by atoms with Crippen LogP contribution in [0, 0.1) is 0 Å². The Morgan fingerprint density at radius 3 is 2.31 bits per heavy atom. The lowest BCUT2D eigenvalue weighted by Gasteiger charge is -2.23. The molecular formula is C29H35N3O3. The van der Waals surface area contributed by atoms with Gasteiger partial charge in [-0.25, -0.2) is 0 Å². The molecule has 3 aromatic rings. The van der Waals surface area contributed by atoms with Gasteiger partial charge in [0.2, 0.25) is 5.43 Å². The second-order valence-electron chi connectivity index (χ2n) is 9.63. The van der Waals surface area contributed by atoms with Crippen molar-refractivity contribution in [1.82, 2.24) is 14.4 Å². The molecule has 35 heavy (non-hydrogen) atoms. The van der Waals surface area contributed by atoms with Crippen molar-refractivity contribution in [1.29, 1.82) is 0 Å². The van der Waals surface area contributed by atoms with Crippen molar-refractivity contribution in [3.05, 3.63) is 81.8 Å². The van der Waals surface area contributed by atoms with E-state index in [9.17, 15) is 14.4 Å². The summed E-state index contributed by atoms with van der Waals surface area (Å²) in [6, 6.07) is 14.1. The molecule has 2 aromatic carbocycles. The summed E-state index contributed by atoms with van der Waals surface area (Å²) < 4.78 is 1.85. The highest BCUT2D eigenvalue weighted by molar-refractivity contribution is 5.99. The number of amides is 2. The topological polar surface area (TPSA) is 62.6 Å². The number of likely N-dealkylation sites (tertiary alicyclic amines) is 1. The first kappa shape index (κ1) is 24.7. The summed E-state index contributed by atoms with van der Waals surface area (Å²) in [4.78, 5) is 43.8. The number of pyridine rings is 1. The summed E-state index contributed by atoms with van der Waals surface area (Å²) >= 11 is 0. The third-order valence-electron chi connectivity index (χ3n) is 7.13. The van der Waals surface area contributed by atoms with E-state index in [1.807, 2.05) is 60.9 Å². The second-order valence-corrected chi connectivity index (χ2v) is 9.63. The molecule has 2 amide bonds. The van der Waals surface area contributed by atoms with E-state index in [0.29, 0.717) is 19.6 Å². The number of fused-ring (bicyclic) bond motifs is 1. The minimum absolute atomic E-state index is 0.0497. The van der Waals surface area contributed by atoms with Crippen LogP contribution in [0.5, 0.6) is 0 Å². The maximum atomic E-state index is 13.6.